The summed E-state index contributed by atoms with van der Waals surface area (Å²) in [5.74, 6) is -0.320. The van der Waals surface area contributed by atoms with E-state index in [1.54, 1.807) is 24.3 Å². The molecule has 1 atom stereocenters. The summed E-state index contributed by atoms with van der Waals surface area (Å²) < 4.78 is 41.9. The van der Waals surface area contributed by atoms with Gasteiger partial charge in [-0.05, 0) is 24.3 Å². The van der Waals surface area contributed by atoms with E-state index < -0.39 is 11.2 Å². The summed E-state index contributed by atoms with van der Waals surface area (Å²) in [7, 11) is 0. The van der Waals surface area contributed by atoms with E-state index >= 15 is 0 Å². The number of benzene rings is 2. The molecule has 7 heteroatoms. The van der Waals surface area contributed by atoms with Crippen molar-refractivity contribution in [2.75, 3.05) is 11.9 Å². The minimum absolute atomic E-state index is 0.238. The van der Waals surface area contributed by atoms with Gasteiger partial charge in [0.15, 0.2) is 0 Å². The number of halogens is 5. The number of hydrogen-bond acceptors (Lipinski definition) is 2. The van der Waals surface area contributed by atoms with Crippen LogP contribution in [0.2, 0.25) is 5.02 Å². The lowest BCUT2D eigenvalue weighted by molar-refractivity contribution is -0.275. The van der Waals surface area contributed by atoms with Crippen molar-refractivity contribution in [3.63, 3.8) is 0 Å². The first kappa shape index (κ1) is 15.3. The molecule has 3 rings (SSSR count). The lowest BCUT2D eigenvalue weighted by Gasteiger charge is -2.25. The summed E-state index contributed by atoms with van der Waals surface area (Å²) >= 11 is 12.7. The van der Waals surface area contributed by atoms with Gasteiger partial charge in [0.05, 0.1) is 0 Å². The molecule has 0 amide bonds. The highest BCUT2D eigenvalue weighted by Crippen LogP contribution is 2.49. The first-order valence-electron chi connectivity index (χ1n) is 6.38. The maximum absolute atomic E-state index is 12.6. The van der Waals surface area contributed by atoms with Gasteiger partial charge in [0.25, 0.3) is 0 Å². The highest BCUT2D eigenvalue weighted by molar-refractivity contribution is 6.31. The highest BCUT2D eigenvalue weighted by Gasteiger charge is 2.42. The fourth-order valence-electron chi connectivity index (χ4n) is 2.56. The van der Waals surface area contributed by atoms with Crippen LogP contribution >= 0.6 is 23.2 Å². The van der Waals surface area contributed by atoms with Crippen molar-refractivity contribution in [1.29, 1.82) is 0 Å². The molecule has 1 aliphatic rings. The molecule has 22 heavy (non-hydrogen) atoms. The van der Waals surface area contributed by atoms with Crippen LogP contribution in [0.25, 0.3) is 0 Å². The van der Waals surface area contributed by atoms with Crippen molar-refractivity contribution in [3.8, 4) is 5.75 Å². The molecule has 0 spiro atoms. The average molecular weight is 348 g/mol. The number of ether oxygens (including phenoxy) is 1. The van der Waals surface area contributed by atoms with Gasteiger partial charge in [-0.2, -0.15) is 0 Å². The van der Waals surface area contributed by atoms with Crippen molar-refractivity contribution in [3.05, 3.63) is 58.6 Å². The number of anilines is 1. The van der Waals surface area contributed by atoms with Crippen LogP contribution in [0.1, 0.15) is 11.1 Å². The van der Waals surface area contributed by atoms with E-state index in [-0.39, 0.29) is 17.9 Å². The number of alkyl halides is 4. The molecule has 0 fully saturated rings. The first-order valence-corrected chi connectivity index (χ1v) is 7.13. The molecule has 1 N–H and O–H groups in total. The topological polar surface area (TPSA) is 21.3 Å². The molecular formula is C15H10Cl2F3NO. The zero-order valence-electron chi connectivity index (χ0n) is 11.0. The van der Waals surface area contributed by atoms with Gasteiger partial charge in [0, 0.05) is 28.4 Å². The summed E-state index contributed by atoms with van der Waals surface area (Å²) in [4.78, 5) is -1.18. The Morgan fingerprint density at radius 1 is 1.09 bits per heavy atom. The van der Waals surface area contributed by atoms with Crippen molar-refractivity contribution in [1.82, 2.24) is 0 Å². The van der Waals surface area contributed by atoms with Crippen LogP contribution in [0.5, 0.6) is 5.75 Å². The van der Waals surface area contributed by atoms with Crippen LogP contribution < -0.4 is 10.1 Å². The van der Waals surface area contributed by atoms with Crippen molar-refractivity contribution in [2.45, 2.75) is 11.2 Å². The fraction of sp³-hybridized carbons (Fsp3) is 0.200. The van der Waals surface area contributed by atoms with Crippen LogP contribution in [0, 0.1) is 0 Å². The molecule has 0 aromatic heterocycles. The molecule has 0 bridgehead atoms. The summed E-state index contributed by atoms with van der Waals surface area (Å²) in [6, 6.07) is 10.9. The van der Waals surface area contributed by atoms with Gasteiger partial charge in [-0.1, -0.05) is 29.8 Å². The summed E-state index contributed by atoms with van der Waals surface area (Å²) in [6.07, 6.45) is -4.79. The van der Waals surface area contributed by atoms with E-state index in [0.717, 1.165) is 5.69 Å². The molecule has 2 aromatic rings. The molecule has 0 saturated carbocycles. The smallest absolute Gasteiger partial charge is 0.405 e. The molecule has 0 aliphatic carbocycles. The largest absolute Gasteiger partial charge is 0.573 e. The number of nitrogens with one attached hydrogen (secondary N) is 1. The van der Waals surface area contributed by atoms with Crippen molar-refractivity contribution in [2.24, 2.45) is 0 Å². The van der Waals surface area contributed by atoms with Crippen LogP contribution in [-0.2, 0) is 4.87 Å². The second kappa shape index (κ2) is 5.25. The molecule has 1 aliphatic heterocycles. The van der Waals surface area contributed by atoms with Crippen molar-refractivity contribution >= 4 is 28.9 Å². The minimum atomic E-state index is -4.79. The van der Waals surface area contributed by atoms with E-state index in [2.05, 4.69) is 10.1 Å². The summed E-state index contributed by atoms with van der Waals surface area (Å²) in [5.41, 5.74) is 1.60. The van der Waals surface area contributed by atoms with Crippen molar-refractivity contribution < 1.29 is 17.9 Å². The first-order chi connectivity index (χ1) is 10.3. The number of rotatable bonds is 2. The van der Waals surface area contributed by atoms with Gasteiger partial charge in [0.1, 0.15) is 10.6 Å². The second-order valence-corrected chi connectivity index (χ2v) is 5.97. The Labute approximate surface area is 134 Å². The maximum Gasteiger partial charge on any atom is 0.573 e. The van der Waals surface area contributed by atoms with Crippen LogP contribution in [0.15, 0.2) is 42.5 Å². The van der Waals surface area contributed by atoms with E-state index in [4.69, 9.17) is 23.2 Å². The van der Waals surface area contributed by atoms with E-state index in [1.807, 2.05) is 0 Å². The highest BCUT2D eigenvalue weighted by atomic mass is 35.5. The molecular weight excluding hydrogens is 338 g/mol. The molecule has 1 heterocycles. The minimum Gasteiger partial charge on any atom is -0.405 e. The Kier molecular flexibility index (Phi) is 3.65. The number of hydrogen-bond donors (Lipinski definition) is 1. The van der Waals surface area contributed by atoms with Crippen LogP contribution in [0.3, 0.4) is 0 Å². The SMILES string of the molecule is FC(F)(F)Oc1ccccc1C1(Cl)CNc2ccc(Cl)cc21. The lowest BCUT2D eigenvalue weighted by Crippen LogP contribution is -2.26. The van der Waals surface area contributed by atoms with Crippen LogP contribution in [0.4, 0.5) is 18.9 Å². The second-order valence-electron chi connectivity index (χ2n) is 4.89. The third kappa shape index (κ3) is 2.71. The van der Waals surface area contributed by atoms with E-state index in [0.29, 0.717) is 10.6 Å². The summed E-state index contributed by atoms with van der Waals surface area (Å²) in [6.45, 7) is 0.239. The third-order valence-corrected chi connectivity index (χ3v) is 4.25. The van der Waals surface area contributed by atoms with E-state index in [9.17, 15) is 13.2 Å². The van der Waals surface area contributed by atoms with E-state index in [1.165, 1.54) is 18.2 Å². The monoisotopic (exact) mass is 347 g/mol. The Balaban J connectivity index is 2.11. The normalized spacial score (nSPS) is 20.4. The molecule has 0 saturated heterocycles. The predicted molar refractivity (Wildman–Crippen MR) is 79.7 cm³/mol. The average Bonchev–Trinajstić information content (AvgIpc) is 2.76. The quantitative estimate of drug-likeness (QED) is 0.759. The molecule has 0 radical (unpaired) electrons. The zero-order chi connectivity index (χ0) is 16.0. The van der Waals surface area contributed by atoms with Gasteiger partial charge >= 0.3 is 6.36 Å². The predicted octanol–water partition coefficient (Wildman–Crippen LogP) is 5.15. The lowest BCUT2D eigenvalue weighted by atomic mass is 9.91. The Hall–Kier alpha value is -1.59. The third-order valence-electron chi connectivity index (χ3n) is 3.47. The Morgan fingerprint density at radius 3 is 2.55 bits per heavy atom. The summed E-state index contributed by atoms with van der Waals surface area (Å²) in [5, 5.41) is 3.54. The Morgan fingerprint density at radius 2 is 1.82 bits per heavy atom. The van der Waals surface area contributed by atoms with Gasteiger partial charge < -0.3 is 10.1 Å². The molecule has 2 aromatic carbocycles. The number of fused-ring (bicyclic) bond motifs is 1. The van der Waals surface area contributed by atoms with Gasteiger partial charge in [-0.15, -0.1) is 24.8 Å². The molecule has 116 valence electrons. The van der Waals surface area contributed by atoms with Crippen LogP contribution in [-0.4, -0.2) is 12.9 Å². The maximum atomic E-state index is 12.6. The molecule has 1 unspecified atom stereocenters. The van der Waals surface area contributed by atoms with Gasteiger partial charge in [-0.25, -0.2) is 0 Å². The zero-order valence-corrected chi connectivity index (χ0v) is 12.6. The Bertz CT molecular complexity index is 720. The van der Waals surface area contributed by atoms with Gasteiger partial charge in [0.2, 0.25) is 0 Å². The fourth-order valence-corrected chi connectivity index (χ4v) is 3.11. The molecule has 2 nitrogen and oxygen atoms in total. The standard InChI is InChI=1S/C15H10Cl2F3NO/c16-9-5-6-12-11(7-9)14(17,8-21-12)10-3-1-2-4-13(10)22-15(18,19)20/h1-7,21H,8H2. The van der Waals surface area contributed by atoms with Gasteiger partial charge in [-0.3, -0.25) is 0 Å². The number of para-hydroxylation sites is 1.